The molecule has 3 heteroatoms. The predicted molar refractivity (Wildman–Crippen MR) is 72.9 cm³/mol. The van der Waals surface area contributed by atoms with Crippen molar-refractivity contribution in [1.29, 1.82) is 0 Å². The molecule has 1 aromatic rings. The van der Waals surface area contributed by atoms with Crippen LogP contribution in [0.2, 0.25) is 0 Å². The molecule has 17 heavy (non-hydrogen) atoms. The van der Waals surface area contributed by atoms with Crippen LogP contribution in [-0.2, 0) is 6.42 Å². The Morgan fingerprint density at radius 1 is 1.41 bits per heavy atom. The Labute approximate surface area is 107 Å². The molecule has 1 saturated heterocycles. The van der Waals surface area contributed by atoms with Gasteiger partial charge in [0.05, 0.1) is 7.11 Å². The molecule has 0 bridgehead atoms. The SMILES string of the molecule is COc1ccc2c(c1)C1NCCC(C)SC1C2. The maximum absolute atomic E-state index is 5.34. The minimum Gasteiger partial charge on any atom is -0.497 e. The second kappa shape index (κ2) is 4.54. The maximum atomic E-state index is 5.34. The van der Waals surface area contributed by atoms with Crippen LogP contribution in [0.5, 0.6) is 5.75 Å². The molecule has 0 saturated carbocycles. The summed E-state index contributed by atoms with van der Waals surface area (Å²) < 4.78 is 5.34. The molecule has 2 aliphatic rings. The van der Waals surface area contributed by atoms with Crippen LogP contribution in [0.3, 0.4) is 0 Å². The Kier molecular flexibility index (Phi) is 3.05. The van der Waals surface area contributed by atoms with Gasteiger partial charge >= 0.3 is 0 Å². The zero-order valence-corrected chi connectivity index (χ0v) is 11.2. The molecule has 1 fully saturated rings. The first kappa shape index (κ1) is 11.4. The first-order valence-electron chi connectivity index (χ1n) is 6.33. The van der Waals surface area contributed by atoms with Crippen LogP contribution in [0.1, 0.15) is 30.5 Å². The third-order valence-electron chi connectivity index (χ3n) is 3.80. The second-order valence-corrected chi connectivity index (χ2v) is 6.66. The molecule has 1 aliphatic heterocycles. The average molecular weight is 249 g/mol. The normalized spacial score (nSPS) is 31.5. The van der Waals surface area contributed by atoms with Gasteiger partial charge in [0.2, 0.25) is 0 Å². The number of methoxy groups -OCH3 is 1. The number of fused-ring (bicyclic) bond motifs is 3. The first-order valence-corrected chi connectivity index (χ1v) is 7.28. The van der Waals surface area contributed by atoms with Crippen LogP contribution in [0, 0.1) is 0 Å². The molecule has 0 spiro atoms. The lowest BCUT2D eigenvalue weighted by Gasteiger charge is -2.18. The van der Waals surface area contributed by atoms with Gasteiger partial charge in [-0.15, -0.1) is 0 Å². The van der Waals surface area contributed by atoms with E-state index in [0.717, 1.165) is 17.5 Å². The van der Waals surface area contributed by atoms with Gasteiger partial charge in [0.15, 0.2) is 0 Å². The molecule has 0 amide bonds. The minimum atomic E-state index is 0.523. The lowest BCUT2D eigenvalue weighted by molar-refractivity contribution is 0.413. The largest absolute Gasteiger partial charge is 0.497 e. The summed E-state index contributed by atoms with van der Waals surface area (Å²) in [6, 6.07) is 7.05. The number of rotatable bonds is 1. The van der Waals surface area contributed by atoms with E-state index in [9.17, 15) is 0 Å². The van der Waals surface area contributed by atoms with Gasteiger partial charge in [-0.1, -0.05) is 13.0 Å². The molecular weight excluding hydrogens is 230 g/mol. The highest BCUT2D eigenvalue weighted by Crippen LogP contribution is 2.43. The summed E-state index contributed by atoms with van der Waals surface area (Å²) in [4.78, 5) is 0. The van der Waals surface area contributed by atoms with Crippen molar-refractivity contribution >= 4 is 11.8 Å². The predicted octanol–water partition coefficient (Wildman–Crippen LogP) is 2.78. The molecule has 1 aromatic carbocycles. The summed E-state index contributed by atoms with van der Waals surface area (Å²) in [5.41, 5.74) is 2.95. The van der Waals surface area contributed by atoms with Crippen molar-refractivity contribution < 1.29 is 4.74 Å². The molecule has 92 valence electrons. The maximum Gasteiger partial charge on any atom is 0.119 e. The summed E-state index contributed by atoms with van der Waals surface area (Å²) in [5.74, 6) is 0.980. The van der Waals surface area contributed by atoms with Gasteiger partial charge in [0, 0.05) is 16.5 Å². The summed E-state index contributed by atoms with van der Waals surface area (Å²) in [5, 5.41) is 5.18. The molecule has 1 N–H and O–H groups in total. The zero-order valence-electron chi connectivity index (χ0n) is 10.4. The molecule has 0 aromatic heterocycles. The molecule has 3 rings (SSSR count). The van der Waals surface area contributed by atoms with E-state index in [4.69, 9.17) is 4.74 Å². The fourth-order valence-corrected chi connectivity index (χ4v) is 4.41. The Morgan fingerprint density at radius 2 is 2.29 bits per heavy atom. The van der Waals surface area contributed by atoms with E-state index in [1.807, 2.05) is 0 Å². The monoisotopic (exact) mass is 249 g/mol. The topological polar surface area (TPSA) is 21.3 Å². The Balaban J connectivity index is 1.92. The van der Waals surface area contributed by atoms with Crippen LogP contribution in [-0.4, -0.2) is 24.2 Å². The van der Waals surface area contributed by atoms with Crippen LogP contribution >= 0.6 is 11.8 Å². The van der Waals surface area contributed by atoms with Crippen molar-refractivity contribution in [3.63, 3.8) is 0 Å². The van der Waals surface area contributed by atoms with E-state index < -0.39 is 0 Å². The van der Waals surface area contributed by atoms with Gasteiger partial charge < -0.3 is 10.1 Å². The average Bonchev–Trinajstić information content (AvgIpc) is 2.55. The molecule has 1 heterocycles. The van der Waals surface area contributed by atoms with Gasteiger partial charge in [-0.2, -0.15) is 11.8 Å². The van der Waals surface area contributed by atoms with E-state index in [-0.39, 0.29) is 0 Å². The van der Waals surface area contributed by atoms with Gasteiger partial charge in [0.1, 0.15) is 5.75 Å². The van der Waals surface area contributed by atoms with Crippen LogP contribution < -0.4 is 10.1 Å². The number of ether oxygens (including phenoxy) is 1. The quantitative estimate of drug-likeness (QED) is 0.827. The summed E-state index contributed by atoms with van der Waals surface area (Å²) in [7, 11) is 1.74. The molecule has 3 atom stereocenters. The first-order chi connectivity index (χ1) is 8.28. The zero-order chi connectivity index (χ0) is 11.8. The smallest absolute Gasteiger partial charge is 0.119 e. The van der Waals surface area contributed by atoms with E-state index in [1.165, 1.54) is 24.0 Å². The van der Waals surface area contributed by atoms with Crippen molar-refractivity contribution in [3.05, 3.63) is 29.3 Å². The van der Waals surface area contributed by atoms with Crippen LogP contribution in [0.4, 0.5) is 0 Å². The molecule has 1 aliphatic carbocycles. The number of hydrogen-bond donors (Lipinski definition) is 1. The summed E-state index contributed by atoms with van der Waals surface area (Å²) in [6.45, 7) is 3.48. The molecular formula is C14H19NOS. The van der Waals surface area contributed by atoms with E-state index in [0.29, 0.717) is 11.3 Å². The Morgan fingerprint density at radius 3 is 3.12 bits per heavy atom. The molecule has 3 unspecified atom stereocenters. The second-order valence-electron chi connectivity index (χ2n) is 4.97. The molecule has 0 radical (unpaired) electrons. The van der Waals surface area contributed by atoms with Crippen molar-refractivity contribution in [2.24, 2.45) is 0 Å². The van der Waals surface area contributed by atoms with Gasteiger partial charge in [-0.25, -0.2) is 0 Å². The fraction of sp³-hybridized carbons (Fsp3) is 0.571. The highest BCUT2D eigenvalue weighted by molar-refractivity contribution is 8.00. The van der Waals surface area contributed by atoms with E-state index in [1.54, 1.807) is 7.11 Å². The summed E-state index contributed by atoms with van der Waals surface area (Å²) >= 11 is 2.14. The van der Waals surface area contributed by atoms with E-state index >= 15 is 0 Å². The number of benzene rings is 1. The third kappa shape index (κ3) is 2.06. The van der Waals surface area contributed by atoms with Crippen LogP contribution in [0.15, 0.2) is 18.2 Å². The lowest BCUT2D eigenvalue weighted by atomic mass is 10.1. The van der Waals surface area contributed by atoms with Gasteiger partial charge in [0.25, 0.3) is 0 Å². The standard InChI is InChI=1S/C14H19NOS/c1-9-5-6-15-14-12-8-11(16-2)4-3-10(12)7-13(14)17-9/h3-4,8-9,13-15H,5-7H2,1-2H3. The van der Waals surface area contributed by atoms with Crippen molar-refractivity contribution in [2.75, 3.05) is 13.7 Å². The van der Waals surface area contributed by atoms with E-state index in [2.05, 4.69) is 42.2 Å². The lowest BCUT2D eigenvalue weighted by Crippen LogP contribution is -2.25. The molecule has 2 nitrogen and oxygen atoms in total. The number of nitrogens with one attached hydrogen (secondary N) is 1. The van der Waals surface area contributed by atoms with Gasteiger partial charge in [-0.05, 0) is 42.6 Å². The highest BCUT2D eigenvalue weighted by atomic mass is 32.2. The minimum absolute atomic E-state index is 0.523. The van der Waals surface area contributed by atoms with Crippen molar-refractivity contribution in [2.45, 2.75) is 36.3 Å². The number of hydrogen-bond acceptors (Lipinski definition) is 3. The highest BCUT2D eigenvalue weighted by Gasteiger charge is 2.35. The summed E-state index contributed by atoms with van der Waals surface area (Å²) in [6.07, 6.45) is 2.48. The Bertz CT molecular complexity index is 421. The van der Waals surface area contributed by atoms with Crippen molar-refractivity contribution in [3.8, 4) is 5.75 Å². The van der Waals surface area contributed by atoms with Crippen molar-refractivity contribution in [1.82, 2.24) is 5.32 Å². The number of thioether (sulfide) groups is 1. The third-order valence-corrected chi connectivity index (χ3v) is 5.29. The fourth-order valence-electron chi connectivity index (χ4n) is 2.89. The van der Waals surface area contributed by atoms with Gasteiger partial charge in [-0.3, -0.25) is 0 Å². The van der Waals surface area contributed by atoms with Crippen LogP contribution in [0.25, 0.3) is 0 Å². The Hall–Kier alpha value is -0.670.